The van der Waals surface area contributed by atoms with E-state index in [4.69, 9.17) is 0 Å². The van der Waals surface area contributed by atoms with Crippen LogP contribution >= 0.6 is 0 Å². The number of hydrogen-bond acceptors (Lipinski definition) is 2. The molecule has 0 atom stereocenters. The van der Waals surface area contributed by atoms with Crippen molar-refractivity contribution in [3.8, 4) is 0 Å². The first-order chi connectivity index (χ1) is 5.52. The number of nitrogens with zero attached hydrogens (tertiary/aromatic N) is 1. The number of amides is 1. The summed E-state index contributed by atoms with van der Waals surface area (Å²) >= 11 is 0. The molecule has 0 aromatic carbocycles. The second-order valence-electron chi connectivity index (χ2n) is 3.53. The first kappa shape index (κ1) is 11.1. The van der Waals surface area contributed by atoms with E-state index in [0.29, 0.717) is 12.3 Å². The molecular weight excluding hydrogens is 152 g/mol. The first-order valence-corrected chi connectivity index (χ1v) is 4.32. The molecule has 0 aromatic heterocycles. The van der Waals surface area contributed by atoms with Crippen LogP contribution in [0.25, 0.3) is 0 Å². The number of hydrazone groups is 1. The van der Waals surface area contributed by atoms with E-state index in [1.54, 1.807) is 0 Å². The fourth-order valence-electron chi connectivity index (χ4n) is 0.650. The standard InChI is InChI=1S/C9H18N2O/c1-7(2)5-6-9(12)11-10-8(3)4/h7H,5-6H2,1-4H3,(H,11,12). The average Bonchev–Trinajstić information content (AvgIpc) is 1.96. The van der Waals surface area contributed by atoms with Gasteiger partial charge in [-0.15, -0.1) is 0 Å². The highest BCUT2D eigenvalue weighted by Gasteiger charge is 2.01. The molecule has 0 unspecified atom stereocenters. The van der Waals surface area contributed by atoms with E-state index in [1.165, 1.54) is 0 Å². The third-order valence-corrected chi connectivity index (χ3v) is 1.35. The molecule has 1 N–H and O–H groups in total. The van der Waals surface area contributed by atoms with E-state index in [0.717, 1.165) is 12.1 Å². The van der Waals surface area contributed by atoms with Gasteiger partial charge < -0.3 is 0 Å². The van der Waals surface area contributed by atoms with Gasteiger partial charge in [0.05, 0.1) is 0 Å². The maximum atomic E-state index is 11.0. The van der Waals surface area contributed by atoms with Crippen LogP contribution in [-0.2, 0) is 4.79 Å². The molecule has 0 radical (unpaired) electrons. The summed E-state index contributed by atoms with van der Waals surface area (Å²) in [5.74, 6) is 0.576. The molecule has 0 heterocycles. The minimum Gasteiger partial charge on any atom is -0.273 e. The lowest BCUT2D eigenvalue weighted by molar-refractivity contribution is -0.121. The van der Waals surface area contributed by atoms with E-state index in [1.807, 2.05) is 13.8 Å². The second kappa shape index (κ2) is 5.75. The van der Waals surface area contributed by atoms with Crippen LogP contribution in [0.5, 0.6) is 0 Å². The molecule has 0 rings (SSSR count). The zero-order chi connectivity index (χ0) is 9.56. The summed E-state index contributed by atoms with van der Waals surface area (Å²) in [5.41, 5.74) is 3.35. The Morgan fingerprint density at radius 2 is 2.00 bits per heavy atom. The molecule has 0 spiro atoms. The fraction of sp³-hybridized carbons (Fsp3) is 0.778. The predicted octanol–water partition coefficient (Wildman–Crippen LogP) is 1.93. The summed E-state index contributed by atoms with van der Waals surface area (Å²) in [6.45, 7) is 7.90. The van der Waals surface area contributed by atoms with Crippen LogP contribution in [0.2, 0.25) is 0 Å². The van der Waals surface area contributed by atoms with Crippen molar-refractivity contribution in [1.29, 1.82) is 0 Å². The fourth-order valence-corrected chi connectivity index (χ4v) is 0.650. The minimum absolute atomic E-state index is 0.00454. The van der Waals surface area contributed by atoms with Crippen LogP contribution in [0.1, 0.15) is 40.5 Å². The van der Waals surface area contributed by atoms with Crippen molar-refractivity contribution < 1.29 is 4.79 Å². The van der Waals surface area contributed by atoms with Gasteiger partial charge in [-0.25, -0.2) is 5.43 Å². The van der Waals surface area contributed by atoms with Crippen molar-refractivity contribution in [3.63, 3.8) is 0 Å². The molecule has 3 nitrogen and oxygen atoms in total. The van der Waals surface area contributed by atoms with Crippen LogP contribution in [0, 0.1) is 5.92 Å². The lowest BCUT2D eigenvalue weighted by Gasteiger charge is -2.02. The zero-order valence-electron chi connectivity index (χ0n) is 8.35. The molecule has 3 heteroatoms. The quantitative estimate of drug-likeness (QED) is 0.508. The van der Waals surface area contributed by atoms with Gasteiger partial charge in [0.1, 0.15) is 0 Å². The highest BCUT2D eigenvalue weighted by atomic mass is 16.2. The number of carbonyl (C=O) groups is 1. The molecule has 0 saturated carbocycles. The van der Waals surface area contributed by atoms with Gasteiger partial charge in [-0.1, -0.05) is 13.8 Å². The average molecular weight is 170 g/mol. The van der Waals surface area contributed by atoms with Gasteiger partial charge in [-0.2, -0.15) is 5.10 Å². The van der Waals surface area contributed by atoms with Gasteiger partial charge in [0.2, 0.25) is 5.91 Å². The van der Waals surface area contributed by atoms with Crippen LogP contribution < -0.4 is 5.43 Å². The van der Waals surface area contributed by atoms with Gasteiger partial charge in [0, 0.05) is 12.1 Å². The van der Waals surface area contributed by atoms with Crippen LogP contribution in [0.15, 0.2) is 5.10 Å². The van der Waals surface area contributed by atoms with Crippen molar-refractivity contribution in [3.05, 3.63) is 0 Å². The lowest BCUT2D eigenvalue weighted by Crippen LogP contribution is -2.18. The van der Waals surface area contributed by atoms with Gasteiger partial charge in [-0.3, -0.25) is 4.79 Å². The summed E-state index contributed by atoms with van der Waals surface area (Å²) in [4.78, 5) is 11.0. The molecule has 12 heavy (non-hydrogen) atoms. The summed E-state index contributed by atoms with van der Waals surface area (Å²) in [5, 5.41) is 3.82. The summed E-state index contributed by atoms with van der Waals surface area (Å²) in [7, 11) is 0. The first-order valence-electron chi connectivity index (χ1n) is 4.32. The highest BCUT2D eigenvalue weighted by molar-refractivity contribution is 5.82. The largest absolute Gasteiger partial charge is 0.273 e. The number of carbonyl (C=O) groups excluding carboxylic acids is 1. The minimum atomic E-state index is 0.00454. The second-order valence-corrected chi connectivity index (χ2v) is 3.53. The van der Waals surface area contributed by atoms with Gasteiger partial charge in [0.25, 0.3) is 0 Å². The normalized spacial score (nSPS) is 9.75. The van der Waals surface area contributed by atoms with Gasteiger partial charge in [0.15, 0.2) is 0 Å². The lowest BCUT2D eigenvalue weighted by atomic mass is 10.1. The molecule has 0 bridgehead atoms. The maximum Gasteiger partial charge on any atom is 0.240 e. The smallest absolute Gasteiger partial charge is 0.240 e. The van der Waals surface area contributed by atoms with Crippen molar-refractivity contribution in [2.45, 2.75) is 40.5 Å². The number of nitrogens with one attached hydrogen (secondary N) is 1. The summed E-state index contributed by atoms with van der Waals surface area (Å²) < 4.78 is 0. The molecular formula is C9H18N2O. The Bertz CT molecular complexity index is 169. The van der Waals surface area contributed by atoms with Crippen molar-refractivity contribution in [2.24, 2.45) is 11.0 Å². The monoisotopic (exact) mass is 170 g/mol. The Kier molecular flexibility index (Phi) is 5.34. The van der Waals surface area contributed by atoms with E-state index < -0.39 is 0 Å². The molecule has 0 aliphatic rings. The number of hydrogen-bond donors (Lipinski definition) is 1. The predicted molar refractivity (Wildman–Crippen MR) is 51.0 cm³/mol. The molecule has 1 amide bonds. The van der Waals surface area contributed by atoms with Crippen LogP contribution in [-0.4, -0.2) is 11.6 Å². The molecule has 0 aromatic rings. The van der Waals surface area contributed by atoms with Crippen molar-refractivity contribution in [2.75, 3.05) is 0 Å². The van der Waals surface area contributed by atoms with Crippen LogP contribution in [0.3, 0.4) is 0 Å². The zero-order valence-corrected chi connectivity index (χ0v) is 8.35. The Hall–Kier alpha value is -0.860. The number of rotatable bonds is 4. The molecule has 70 valence electrons. The Morgan fingerprint density at radius 1 is 1.42 bits per heavy atom. The van der Waals surface area contributed by atoms with E-state index in [-0.39, 0.29) is 5.91 Å². The summed E-state index contributed by atoms with van der Waals surface area (Å²) in [6, 6.07) is 0. The molecule has 0 aliphatic heterocycles. The van der Waals surface area contributed by atoms with Crippen LogP contribution in [0.4, 0.5) is 0 Å². The molecule has 0 aliphatic carbocycles. The summed E-state index contributed by atoms with van der Waals surface area (Å²) in [6.07, 6.45) is 1.48. The Balaban J connectivity index is 3.54. The highest BCUT2D eigenvalue weighted by Crippen LogP contribution is 2.02. The van der Waals surface area contributed by atoms with Crippen molar-refractivity contribution >= 4 is 11.6 Å². The van der Waals surface area contributed by atoms with E-state index in [9.17, 15) is 4.79 Å². The molecule has 0 fully saturated rings. The maximum absolute atomic E-state index is 11.0. The van der Waals surface area contributed by atoms with Gasteiger partial charge in [-0.05, 0) is 26.2 Å². The van der Waals surface area contributed by atoms with Crippen molar-refractivity contribution in [1.82, 2.24) is 5.43 Å². The third-order valence-electron chi connectivity index (χ3n) is 1.35. The Morgan fingerprint density at radius 3 is 2.42 bits per heavy atom. The molecule has 0 saturated heterocycles. The Labute approximate surface area is 74.2 Å². The third kappa shape index (κ3) is 7.25. The topological polar surface area (TPSA) is 41.5 Å². The SMILES string of the molecule is CC(C)=NNC(=O)CCC(C)C. The van der Waals surface area contributed by atoms with Gasteiger partial charge >= 0.3 is 0 Å². The van der Waals surface area contributed by atoms with E-state index >= 15 is 0 Å². The van der Waals surface area contributed by atoms with E-state index in [2.05, 4.69) is 24.4 Å².